The first kappa shape index (κ1) is 19.9. The number of nitrogens with zero attached hydrogens (tertiary/aromatic N) is 3. The molecule has 0 saturated heterocycles. The highest BCUT2D eigenvalue weighted by Crippen LogP contribution is 2.10. The Morgan fingerprint density at radius 2 is 1.81 bits per heavy atom. The lowest BCUT2D eigenvalue weighted by Crippen LogP contribution is -2.37. The average molecular weight is 360 g/mol. The minimum atomic E-state index is -0.449. The Kier molecular flexibility index (Phi) is 6.71. The number of carbonyl (C=O) groups is 1. The van der Waals surface area contributed by atoms with Crippen LogP contribution in [0.1, 0.15) is 56.3 Å². The lowest BCUT2D eigenvalue weighted by molar-refractivity contribution is 0.0952. The van der Waals surface area contributed by atoms with Crippen LogP contribution in [0.2, 0.25) is 0 Å². The van der Waals surface area contributed by atoms with Crippen molar-refractivity contribution >= 4 is 16.9 Å². The van der Waals surface area contributed by atoms with E-state index in [1.807, 2.05) is 0 Å². The van der Waals surface area contributed by atoms with Crippen LogP contribution in [0.4, 0.5) is 0 Å². The van der Waals surface area contributed by atoms with Gasteiger partial charge in [-0.2, -0.15) is 0 Å². The number of amides is 1. The van der Waals surface area contributed by atoms with Crippen LogP contribution in [0.15, 0.2) is 21.9 Å². The van der Waals surface area contributed by atoms with Gasteiger partial charge in [-0.15, -0.1) is 0 Å². The number of rotatable bonds is 8. The fourth-order valence-electron chi connectivity index (χ4n) is 2.92. The van der Waals surface area contributed by atoms with Crippen LogP contribution in [-0.2, 0) is 14.1 Å². The smallest absolute Gasteiger partial charge is 0.332 e. The molecule has 2 aromatic rings. The van der Waals surface area contributed by atoms with Gasteiger partial charge in [0.1, 0.15) is 5.65 Å². The quantitative estimate of drug-likeness (QED) is 0.729. The molecule has 0 spiro atoms. The summed E-state index contributed by atoms with van der Waals surface area (Å²) in [6.45, 7) is 5.05. The number of hydrogen-bond acceptors (Lipinski definition) is 4. The van der Waals surface area contributed by atoms with E-state index in [1.54, 1.807) is 7.05 Å². The molecule has 0 aliphatic carbocycles. The van der Waals surface area contributed by atoms with Crippen molar-refractivity contribution in [2.75, 3.05) is 6.54 Å². The van der Waals surface area contributed by atoms with Gasteiger partial charge in [-0.05, 0) is 18.4 Å². The molecule has 0 radical (unpaired) electrons. The first-order chi connectivity index (χ1) is 12.3. The van der Waals surface area contributed by atoms with Crippen LogP contribution in [0.25, 0.3) is 11.0 Å². The molecule has 1 amide bonds. The molecule has 142 valence electrons. The zero-order valence-electron chi connectivity index (χ0n) is 16.0. The fraction of sp³-hybridized carbons (Fsp3) is 0.579. The molecule has 2 aromatic heterocycles. The molecular formula is C19H28N4O3. The summed E-state index contributed by atoms with van der Waals surface area (Å²) in [6, 6.07) is 1.50. The van der Waals surface area contributed by atoms with E-state index in [-0.39, 0.29) is 16.9 Å². The molecule has 0 atom stereocenters. The van der Waals surface area contributed by atoms with Crippen LogP contribution < -0.4 is 16.6 Å². The lowest BCUT2D eigenvalue weighted by atomic mass is 10.0. The molecule has 1 N–H and O–H groups in total. The molecule has 0 aromatic carbocycles. The number of pyridine rings is 1. The van der Waals surface area contributed by atoms with Gasteiger partial charge in [-0.1, -0.05) is 39.5 Å². The summed E-state index contributed by atoms with van der Waals surface area (Å²) < 4.78 is 2.32. The number of hydrogen-bond donors (Lipinski definition) is 1. The standard InChI is InChI=1S/C19H28N4O3/c1-13(2)9-7-5-6-8-10-20-17(24)14-11-15-16(21-12-14)22(3)19(26)23(4)18(15)25/h11-13H,5-10H2,1-4H3,(H,20,24). The Morgan fingerprint density at radius 3 is 2.50 bits per heavy atom. The molecule has 0 aliphatic heterocycles. The van der Waals surface area contributed by atoms with Crippen molar-refractivity contribution in [3.8, 4) is 0 Å². The van der Waals surface area contributed by atoms with E-state index in [4.69, 9.17) is 0 Å². The van der Waals surface area contributed by atoms with E-state index >= 15 is 0 Å². The van der Waals surface area contributed by atoms with Crippen molar-refractivity contribution in [2.24, 2.45) is 20.0 Å². The van der Waals surface area contributed by atoms with E-state index in [0.717, 1.165) is 23.3 Å². The molecule has 0 aliphatic rings. The summed E-state index contributed by atoms with van der Waals surface area (Å²) >= 11 is 0. The maximum atomic E-state index is 12.3. The summed E-state index contributed by atoms with van der Waals surface area (Å²) in [5, 5.41) is 3.13. The van der Waals surface area contributed by atoms with Crippen molar-refractivity contribution in [2.45, 2.75) is 46.0 Å². The molecule has 0 fully saturated rings. The van der Waals surface area contributed by atoms with Crippen LogP contribution in [0.3, 0.4) is 0 Å². The number of carbonyl (C=O) groups excluding carboxylic acids is 1. The third-order valence-corrected chi connectivity index (χ3v) is 4.55. The van der Waals surface area contributed by atoms with Crippen molar-refractivity contribution < 1.29 is 4.79 Å². The van der Waals surface area contributed by atoms with Crippen molar-refractivity contribution in [3.63, 3.8) is 0 Å². The van der Waals surface area contributed by atoms with Gasteiger partial charge < -0.3 is 5.32 Å². The van der Waals surface area contributed by atoms with Gasteiger partial charge >= 0.3 is 5.69 Å². The second kappa shape index (κ2) is 8.78. The Morgan fingerprint density at radius 1 is 1.12 bits per heavy atom. The van der Waals surface area contributed by atoms with Gasteiger partial charge in [-0.25, -0.2) is 9.78 Å². The van der Waals surface area contributed by atoms with Crippen LogP contribution in [0, 0.1) is 5.92 Å². The zero-order valence-corrected chi connectivity index (χ0v) is 16.0. The molecule has 0 unspecified atom stereocenters. The summed E-state index contributed by atoms with van der Waals surface area (Å²) in [6.07, 6.45) is 7.07. The van der Waals surface area contributed by atoms with Gasteiger partial charge in [0.25, 0.3) is 11.5 Å². The minimum Gasteiger partial charge on any atom is -0.352 e. The highest BCUT2D eigenvalue weighted by molar-refractivity contribution is 5.96. The first-order valence-electron chi connectivity index (χ1n) is 9.17. The fourth-order valence-corrected chi connectivity index (χ4v) is 2.92. The van der Waals surface area contributed by atoms with Gasteiger partial charge in [0.15, 0.2) is 0 Å². The lowest BCUT2D eigenvalue weighted by Gasteiger charge is -2.09. The minimum absolute atomic E-state index is 0.252. The maximum Gasteiger partial charge on any atom is 0.332 e. The SMILES string of the molecule is CC(C)CCCCCCNC(=O)c1cnc2c(c1)c(=O)n(C)c(=O)n2C. The summed E-state index contributed by atoms with van der Waals surface area (Å²) in [7, 11) is 2.96. The predicted octanol–water partition coefficient (Wildman–Crippen LogP) is 1.97. The molecule has 26 heavy (non-hydrogen) atoms. The van der Waals surface area contributed by atoms with Gasteiger partial charge in [-0.3, -0.25) is 18.7 Å². The Balaban J connectivity index is 1.99. The average Bonchev–Trinajstić information content (AvgIpc) is 2.62. The van der Waals surface area contributed by atoms with Crippen molar-refractivity contribution in [1.82, 2.24) is 19.4 Å². The molecular weight excluding hydrogens is 332 g/mol. The molecule has 7 nitrogen and oxygen atoms in total. The second-order valence-corrected chi connectivity index (χ2v) is 7.15. The van der Waals surface area contributed by atoms with Gasteiger partial charge in [0.2, 0.25) is 0 Å². The molecule has 7 heteroatoms. The largest absolute Gasteiger partial charge is 0.352 e. The second-order valence-electron chi connectivity index (χ2n) is 7.15. The third kappa shape index (κ3) is 4.59. The van der Waals surface area contributed by atoms with E-state index in [9.17, 15) is 14.4 Å². The van der Waals surface area contributed by atoms with Crippen molar-refractivity contribution in [1.29, 1.82) is 0 Å². The summed E-state index contributed by atoms with van der Waals surface area (Å²) in [5.74, 6) is 0.486. The number of aryl methyl sites for hydroxylation is 1. The topological polar surface area (TPSA) is 86.0 Å². The maximum absolute atomic E-state index is 12.3. The number of nitrogens with one attached hydrogen (secondary N) is 1. The molecule has 2 rings (SSSR count). The van der Waals surface area contributed by atoms with Crippen LogP contribution in [-0.4, -0.2) is 26.6 Å². The Labute approximate surface area is 153 Å². The van der Waals surface area contributed by atoms with E-state index in [1.165, 1.54) is 43.1 Å². The molecule has 2 heterocycles. The highest BCUT2D eigenvalue weighted by atomic mass is 16.2. The van der Waals surface area contributed by atoms with Crippen LogP contribution >= 0.6 is 0 Å². The van der Waals surface area contributed by atoms with Crippen molar-refractivity contribution in [3.05, 3.63) is 38.7 Å². The summed E-state index contributed by atoms with van der Waals surface area (Å²) in [4.78, 5) is 40.6. The number of aromatic nitrogens is 3. The highest BCUT2D eigenvalue weighted by Gasteiger charge is 2.13. The predicted molar refractivity (Wildman–Crippen MR) is 102 cm³/mol. The monoisotopic (exact) mass is 360 g/mol. The summed E-state index contributed by atoms with van der Waals surface area (Å²) in [5.41, 5.74) is -0.284. The van der Waals surface area contributed by atoms with Gasteiger partial charge in [0.05, 0.1) is 10.9 Å². The first-order valence-corrected chi connectivity index (χ1v) is 9.17. The van der Waals surface area contributed by atoms with E-state index < -0.39 is 11.2 Å². The Hall–Kier alpha value is -2.44. The number of fused-ring (bicyclic) bond motifs is 1. The normalized spacial score (nSPS) is 11.3. The van der Waals surface area contributed by atoms with E-state index in [0.29, 0.717) is 12.1 Å². The third-order valence-electron chi connectivity index (χ3n) is 4.55. The number of unbranched alkanes of at least 4 members (excludes halogenated alkanes) is 3. The van der Waals surface area contributed by atoms with Crippen LogP contribution in [0.5, 0.6) is 0 Å². The van der Waals surface area contributed by atoms with E-state index in [2.05, 4.69) is 24.1 Å². The zero-order chi connectivity index (χ0) is 19.3. The Bertz CT molecular complexity index is 896. The molecule has 0 bridgehead atoms. The van der Waals surface area contributed by atoms with Gasteiger partial charge in [0, 0.05) is 26.8 Å². The molecule has 0 saturated carbocycles.